The number of fused-ring (bicyclic) bond motifs is 1. The number of hydrogen-bond donors (Lipinski definition) is 1. The quantitative estimate of drug-likeness (QED) is 0.697. The zero-order chi connectivity index (χ0) is 23.5. The van der Waals surface area contributed by atoms with Gasteiger partial charge in [-0.05, 0) is 70.3 Å². The lowest BCUT2D eigenvalue weighted by molar-refractivity contribution is -0.141. The Kier molecular flexibility index (Phi) is 5.33. The molecule has 0 aliphatic carbocycles. The van der Waals surface area contributed by atoms with E-state index in [2.05, 4.69) is 4.90 Å². The second-order valence-electron chi connectivity index (χ2n) is 9.74. The summed E-state index contributed by atoms with van der Waals surface area (Å²) in [6, 6.07) is 3.56. The third kappa shape index (κ3) is 3.47. The van der Waals surface area contributed by atoms with E-state index in [0.29, 0.717) is 29.9 Å². The minimum Gasteiger partial charge on any atom is -0.457 e. The number of benzene rings is 1. The molecule has 1 N–H and O–H groups in total. The molecule has 8 nitrogen and oxygen atoms in total. The Morgan fingerprint density at radius 3 is 2.45 bits per heavy atom. The van der Waals surface area contributed by atoms with Crippen molar-refractivity contribution in [2.75, 3.05) is 26.2 Å². The Morgan fingerprint density at radius 1 is 1.09 bits per heavy atom. The summed E-state index contributed by atoms with van der Waals surface area (Å²) in [5.41, 5.74) is 4.02. The van der Waals surface area contributed by atoms with Crippen LogP contribution in [0.25, 0.3) is 0 Å². The second kappa shape index (κ2) is 7.95. The van der Waals surface area contributed by atoms with Gasteiger partial charge in [-0.1, -0.05) is 6.07 Å². The number of hydrogen-bond acceptors (Lipinski definition) is 7. The molecule has 2 saturated heterocycles. The molecule has 176 valence electrons. The second-order valence-corrected chi connectivity index (χ2v) is 9.74. The third-order valence-corrected chi connectivity index (χ3v) is 7.97. The van der Waals surface area contributed by atoms with Crippen LogP contribution in [0.2, 0.25) is 0 Å². The van der Waals surface area contributed by atoms with Gasteiger partial charge in [0.05, 0.1) is 28.4 Å². The van der Waals surface area contributed by atoms with E-state index >= 15 is 0 Å². The van der Waals surface area contributed by atoms with Crippen molar-refractivity contribution < 1.29 is 29.0 Å². The van der Waals surface area contributed by atoms with Crippen LogP contribution in [0.4, 0.5) is 0 Å². The molecule has 1 spiro atoms. The highest BCUT2D eigenvalue weighted by Gasteiger charge is 2.51. The Morgan fingerprint density at radius 2 is 1.79 bits per heavy atom. The number of carbonyl (C=O) groups excluding carboxylic acids is 3. The fourth-order valence-corrected chi connectivity index (χ4v) is 5.89. The van der Waals surface area contributed by atoms with E-state index in [-0.39, 0.29) is 30.6 Å². The van der Waals surface area contributed by atoms with Gasteiger partial charge in [-0.15, -0.1) is 0 Å². The monoisotopic (exact) mass is 454 g/mol. The molecular formula is C25H30N2O6. The highest BCUT2D eigenvalue weighted by atomic mass is 16.5. The van der Waals surface area contributed by atoms with Crippen molar-refractivity contribution >= 4 is 17.8 Å². The molecule has 1 aromatic carbocycles. The van der Waals surface area contributed by atoms with E-state index in [4.69, 9.17) is 9.47 Å². The molecule has 4 aliphatic heterocycles. The van der Waals surface area contributed by atoms with E-state index in [1.807, 2.05) is 19.9 Å². The molecule has 1 unspecified atom stereocenters. The average molecular weight is 455 g/mol. The zero-order valence-electron chi connectivity index (χ0n) is 19.3. The molecule has 2 fully saturated rings. The summed E-state index contributed by atoms with van der Waals surface area (Å²) in [6.07, 6.45) is 1.18. The van der Waals surface area contributed by atoms with E-state index in [9.17, 15) is 19.5 Å². The van der Waals surface area contributed by atoms with Gasteiger partial charge in [0.15, 0.2) is 0 Å². The maximum absolute atomic E-state index is 13.4. The lowest BCUT2D eigenvalue weighted by atomic mass is 9.77. The molecule has 1 aromatic rings. The van der Waals surface area contributed by atoms with Gasteiger partial charge >= 0.3 is 11.9 Å². The third-order valence-electron chi connectivity index (χ3n) is 7.97. The average Bonchev–Trinajstić information content (AvgIpc) is 3.39. The van der Waals surface area contributed by atoms with Crippen molar-refractivity contribution in [1.29, 1.82) is 0 Å². The molecule has 1 amide bonds. The maximum Gasteiger partial charge on any atom is 0.338 e. The predicted molar refractivity (Wildman–Crippen MR) is 118 cm³/mol. The van der Waals surface area contributed by atoms with Gasteiger partial charge in [-0.2, -0.15) is 0 Å². The van der Waals surface area contributed by atoms with Gasteiger partial charge in [0.25, 0.3) is 0 Å². The summed E-state index contributed by atoms with van der Waals surface area (Å²) in [4.78, 5) is 41.1. The van der Waals surface area contributed by atoms with Crippen LogP contribution in [-0.4, -0.2) is 65.0 Å². The van der Waals surface area contributed by atoms with Crippen LogP contribution in [0.15, 0.2) is 23.4 Å². The van der Waals surface area contributed by atoms with Crippen molar-refractivity contribution in [3.05, 3.63) is 45.7 Å². The Labute approximate surface area is 193 Å². The van der Waals surface area contributed by atoms with Crippen LogP contribution in [0.5, 0.6) is 0 Å². The summed E-state index contributed by atoms with van der Waals surface area (Å²) in [6.45, 7) is 8.27. The number of nitrogens with zero attached hydrogens (tertiary/aromatic N) is 2. The maximum atomic E-state index is 13.4. The Balaban J connectivity index is 1.24. The van der Waals surface area contributed by atoms with Crippen molar-refractivity contribution in [3.8, 4) is 0 Å². The lowest BCUT2D eigenvalue weighted by Gasteiger charge is -2.39. The molecular weight excluding hydrogens is 424 g/mol. The minimum atomic E-state index is -0.675. The van der Waals surface area contributed by atoms with Crippen LogP contribution in [0.1, 0.15) is 66.3 Å². The first-order valence-corrected chi connectivity index (χ1v) is 11.7. The fraction of sp³-hybridized carbons (Fsp3) is 0.560. The van der Waals surface area contributed by atoms with Gasteiger partial charge in [-0.25, -0.2) is 9.59 Å². The zero-order valence-corrected chi connectivity index (χ0v) is 19.3. The first-order chi connectivity index (χ1) is 15.7. The number of likely N-dealkylation sites (tertiary alicyclic amines) is 2. The number of esters is 2. The number of β-amino-alcohol motifs (C(OH)–C–C–N with tert-alkyl or cyclic N) is 1. The normalized spacial score (nSPS) is 25.6. The van der Waals surface area contributed by atoms with Gasteiger partial charge < -0.3 is 24.4 Å². The Hall–Kier alpha value is -2.71. The summed E-state index contributed by atoms with van der Waals surface area (Å²) >= 11 is 0. The van der Waals surface area contributed by atoms with Crippen molar-refractivity contribution in [3.63, 3.8) is 0 Å². The van der Waals surface area contributed by atoms with E-state index < -0.39 is 11.5 Å². The van der Waals surface area contributed by atoms with Crippen LogP contribution in [0, 0.1) is 12.3 Å². The van der Waals surface area contributed by atoms with Crippen LogP contribution in [-0.2, 0) is 25.7 Å². The number of ether oxygens (including phenoxy) is 2. The summed E-state index contributed by atoms with van der Waals surface area (Å²) in [5.74, 6) is -0.547. The molecule has 8 heteroatoms. The van der Waals surface area contributed by atoms with Crippen molar-refractivity contribution in [1.82, 2.24) is 9.80 Å². The highest BCUT2D eigenvalue weighted by molar-refractivity contribution is 5.95. The SMILES string of the molecule is CC1=C(N2CCC3(CCN(C[C@@H](O)c4ccc5c(c4C)COC5=O)CC3)C2=O)C(C)OC1=O. The minimum absolute atomic E-state index is 0.0985. The first-order valence-electron chi connectivity index (χ1n) is 11.7. The number of carbonyl (C=O) groups is 3. The summed E-state index contributed by atoms with van der Waals surface area (Å²) in [5, 5.41) is 10.9. The number of aliphatic hydroxyl groups excluding tert-OH is 1. The van der Waals surface area contributed by atoms with Crippen LogP contribution < -0.4 is 0 Å². The Bertz CT molecular complexity index is 1070. The van der Waals surface area contributed by atoms with Crippen LogP contribution in [0.3, 0.4) is 0 Å². The van der Waals surface area contributed by atoms with E-state index in [0.717, 1.165) is 49.0 Å². The topological polar surface area (TPSA) is 96.4 Å². The van der Waals surface area contributed by atoms with Crippen LogP contribution >= 0.6 is 0 Å². The predicted octanol–water partition coefficient (Wildman–Crippen LogP) is 2.23. The molecule has 0 aromatic heterocycles. The van der Waals surface area contributed by atoms with Gasteiger partial charge in [-0.3, -0.25) is 4.79 Å². The summed E-state index contributed by atoms with van der Waals surface area (Å²) < 4.78 is 10.4. The smallest absolute Gasteiger partial charge is 0.338 e. The highest BCUT2D eigenvalue weighted by Crippen LogP contribution is 2.44. The largest absolute Gasteiger partial charge is 0.457 e. The molecule has 0 radical (unpaired) electrons. The lowest BCUT2D eigenvalue weighted by Crippen LogP contribution is -2.46. The van der Waals surface area contributed by atoms with Gasteiger partial charge in [0, 0.05) is 18.7 Å². The number of cyclic esters (lactones) is 2. The van der Waals surface area contributed by atoms with Gasteiger partial charge in [0.2, 0.25) is 5.91 Å². The summed E-state index contributed by atoms with van der Waals surface area (Å²) in [7, 11) is 0. The molecule has 2 atom stereocenters. The molecule has 4 aliphatic rings. The molecule has 5 rings (SSSR count). The molecule has 4 heterocycles. The first kappa shape index (κ1) is 22.1. The fourth-order valence-electron chi connectivity index (χ4n) is 5.89. The number of piperidine rings is 1. The van der Waals surface area contributed by atoms with Gasteiger partial charge in [0.1, 0.15) is 12.7 Å². The number of rotatable bonds is 4. The van der Waals surface area contributed by atoms with Crippen molar-refractivity contribution in [2.24, 2.45) is 5.41 Å². The number of aliphatic hydroxyl groups is 1. The van der Waals surface area contributed by atoms with E-state index in [1.165, 1.54) is 0 Å². The molecule has 33 heavy (non-hydrogen) atoms. The number of amides is 1. The standard InChI is InChI=1S/C25H30N2O6/c1-14-17(4-5-18-19(14)13-32-23(18)30)20(28)12-26-9-6-25(7-10-26)8-11-27(24(25)31)21-15(2)22(29)33-16(21)3/h4-5,16,20,28H,6-13H2,1-3H3/t16?,20-/m1/s1. The molecule has 0 saturated carbocycles. The van der Waals surface area contributed by atoms with Crippen molar-refractivity contribution in [2.45, 2.75) is 58.8 Å². The molecule has 0 bridgehead atoms. The van der Waals surface area contributed by atoms with E-state index in [1.54, 1.807) is 17.9 Å².